The second-order valence-electron chi connectivity index (χ2n) is 7.00. The zero-order valence-electron chi connectivity index (χ0n) is 16.3. The first kappa shape index (κ1) is 20.9. The molecule has 0 aromatic heterocycles. The van der Waals surface area contributed by atoms with Gasteiger partial charge in [-0.25, -0.2) is 8.42 Å². The SMILES string of the molecule is Cc1ccc(CNC(=O)C2=C(O)c3cc(CCCO)ccc3N(C)S2(=O)=O)cc1. The summed E-state index contributed by atoms with van der Waals surface area (Å²) < 4.78 is 26.7. The van der Waals surface area contributed by atoms with Gasteiger partial charge in [0.15, 0.2) is 10.7 Å². The Labute approximate surface area is 170 Å². The summed E-state index contributed by atoms with van der Waals surface area (Å²) in [5, 5.41) is 22.3. The number of benzene rings is 2. The Morgan fingerprint density at radius 3 is 2.41 bits per heavy atom. The Kier molecular flexibility index (Phi) is 5.95. The van der Waals surface area contributed by atoms with Gasteiger partial charge in [0.05, 0.1) is 5.69 Å². The van der Waals surface area contributed by atoms with Crippen molar-refractivity contribution in [3.05, 3.63) is 69.6 Å². The predicted molar refractivity (Wildman–Crippen MR) is 112 cm³/mol. The molecule has 0 spiro atoms. The van der Waals surface area contributed by atoms with E-state index in [4.69, 9.17) is 5.11 Å². The summed E-state index contributed by atoms with van der Waals surface area (Å²) in [4.78, 5) is 12.0. The number of carbonyl (C=O) groups is 1. The Hall–Kier alpha value is -2.84. The third kappa shape index (κ3) is 4.13. The standard InChI is InChI=1S/C21H24N2O5S/c1-14-5-7-16(8-6-14)13-22-21(26)20-19(25)17-12-15(4-3-11-24)9-10-18(17)23(2)29(20,27)28/h5-10,12,24-25H,3-4,11,13H2,1-2H3,(H,22,26). The number of nitrogens with zero attached hydrogens (tertiary/aromatic N) is 1. The molecule has 0 unspecified atom stereocenters. The number of fused-ring (bicyclic) bond motifs is 1. The Bertz CT molecular complexity index is 1060. The maximum absolute atomic E-state index is 12.9. The van der Waals surface area contributed by atoms with Crippen LogP contribution in [0, 0.1) is 6.92 Å². The van der Waals surface area contributed by atoms with Crippen LogP contribution in [0.4, 0.5) is 5.69 Å². The van der Waals surface area contributed by atoms with Crippen LogP contribution in [0.2, 0.25) is 0 Å². The molecular weight excluding hydrogens is 392 g/mol. The number of aryl methyl sites for hydroxylation is 2. The molecule has 0 aliphatic carbocycles. The van der Waals surface area contributed by atoms with Crippen molar-refractivity contribution in [2.45, 2.75) is 26.3 Å². The van der Waals surface area contributed by atoms with E-state index in [0.717, 1.165) is 21.0 Å². The van der Waals surface area contributed by atoms with Crippen molar-refractivity contribution in [2.24, 2.45) is 0 Å². The maximum atomic E-state index is 12.9. The number of nitrogens with one attached hydrogen (secondary N) is 1. The van der Waals surface area contributed by atoms with Crippen LogP contribution in [0.5, 0.6) is 0 Å². The molecule has 0 radical (unpaired) electrons. The van der Waals surface area contributed by atoms with Crippen molar-refractivity contribution >= 4 is 27.4 Å². The topological polar surface area (TPSA) is 107 Å². The number of sulfonamides is 1. The summed E-state index contributed by atoms with van der Waals surface area (Å²) in [6.07, 6.45) is 1.11. The van der Waals surface area contributed by atoms with Gasteiger partial charge in [0.1, 0.15) is 0 Å². The smallest absolute Gasteiger partial charge is 0.273 e. The number of carbonyl (C=O) groups excluding carboxylic acids is 1. The van der Waals surface area contributed by atoms with Crippen molar-refractivity contribution in [3.8, 4) is 0 Å². The van der Waals surface area contributed by atoms with Crippen molar-refractivity contribution in [2.75, 3.05) is 18.0 Å². The Morgan fingerprint density at radius 2 is 1.76 bits per heavy atom. The third-order valence-corrected chi connectivity index (χ3v) is 6.70. The van der Waals surface area contributed by atoms with E-state index >= 15 is 0 Å². The molecule has 1 aliphatic rings. The summed E-state index contributed by atoms with van der Waals surface area (Å²) >= 11 is 0. The van der Waals surface area contributed by atoms with Gasteiger partial charge in [0.25, 0.3) is 15.9 Å². The van der Waals surface area contributed by atoms with Gasteiger partial charge in [-0.2, -0.15) is 0 Å². The quantitative estimate of drug-likeness (QED) is 0.670. The summed E-state index contributed by atoms with van der Waals surface area (Å²) in [6, 6.07) is 12.5. The second kappa shape index (κ2) is 8.26. The molecule has 1 heterocycles. The van der Waals surface area contributed by atoms with Crippen LogP contribution < -0.4 is 9.62 Å². The van der Waals surface area contributed by atoms with Crippen LogP contribution >= 0.6 is 0 Å². The number of aliphatic hydroxyl groups excluding tert-OH is 2. The molecule has 1 aliphatic heterocycles. The molecule has 29 heavy (non-hydrogen) atoms. The maximum Gasteiger partial charge on any atom is 0.273 e. The lowest BCUT2D eigenvalue weighted by Crippen LogP contribution is -2.39. The minimum absolute atomic E-state index is 0.0276. The zero-order valence-corrected chi connectivity index (χ0v) is 17.2. The molecule has 3 N–H and O–H groups in total. The highest BCUT2D eigenvalue weighted by Gasteiger charge is 2.39. The fourth-order valence-electron chi connectivity index (χ4n) is 3.19. The van der Waals surface area contributed by atoms with Crippen LogP contribution in [0.15, 0.2) is 47.4 Å². The van der Waals surface area contributed by atoms with Crippen LogP contribution in [0.25, 0.3) is 5.76 Å². The van der Waals surface area contributed by atoms with Gasteiger partial charge in [-0.3, -0.25) is 9.10 Å². The molecule has 2 aromatic carbocycles. The molecule has 0 saturated heterocycles. The van der Waals surface area contributed by atoms with Crippen molar-refractivity contribution in [1.29, 1.82) is 0 Å². The lowest BCUT2D eigenvalue weighted by molar-refractivity contribution is -0.117. The average molecular weight is 416 g/mol. The molecule has 0 fully saturated rings. The molecule has 1 amide bonds. The van der Waals surface area contributed by atoms with Crippen LogP contribution in [0.1, 0.15) is 28.7 Å². The minimum atomic E-state index is -4.19. The molecule has 0 saturated carbocycles. The van der Waals surface area contributed by atoms with E-state index in [2.05, 4.69) is 5.32 Å². The summed E-state index contributed by atoms with van der Waals surface area (Å²) in [5.74, 6) is -1.42. The largest absolute Gasteiger partial charge is 0.506 e. The first-order valence-corrected chi connectivity index (χ1v) is 10.7. The van der Waals surface area contributed by atoms with Crippen LogP contribution in [-0.2, 0) is 27.8 Å². The normalized spacial score (nSPS) is 15.2. The highest BCUT2D eigenvalue weighted by atomic mass is 32.2. The average Bonchev–Trinajstić information content (AvgIpc) is 2.70. The fraction of sp³-hybridized carbons (Fsp3) is 0.286. The number of anilines is 1. The number of amides is 1. The van der Waals surface area contributed by atoms with E-state index in [1.807, 2.05) is 31.2 Å². The number of aliphatic hydroxyl groups is 2. The highest BCUT2D eigenvalue weighted by molar-refractivity contribution is 7.97. The molecular formula is C21H24N2O5S. The molecule has 154 valence electrons. The van der Waals surface area contributed by atoms with E-state index in [9.17, 15) is 18.3 Å². The molecule has 2 aromatic rings. The van der Waals surface area contributed by atoms with Crippen molar-refractivity contribution < 1.29 is 23.4 Å². The molecule has 8 heteroatoms. The van der Waals surface area contributed by atoms with Crippen molar-refractivity contribution in [3.63, 3.8) is 0 Å². The number of hydrogen-bond donors (Lipinski definition) is 3. The third-order valence-electron chi connectivity index (χ3n) is 4.89. The summed E-state index contributed by atoms with van der Waals surface area (Å²) in [7, 11) is -2.85. The first-order valence-electron chi connectivity index (χ1n) is 9.25. The van der Waals surface area contributed by atoms with Gasteiger partial charge < -0.3 is 15.5 Å². The lowest BCUT2D eigenvalue weighted by atomic mass is 10.0. The van der Waals surface area contributed by atoms with Gasteiger partial charge in [-0.1, -0.05) is 35.9 Å². The second-order valence-corrected chi connectivity index (χ2v) is 8.90. The Balaban J connectivity index is 1.94. The first-order chi connectivity index (χ1) is 13.8. The van der Waals surface area contributed by atoms with Gasteiger partial charge >= 0.3 is 0 Å². The number of rotatable bonds is 6. The molecule has 3 rings (SSSR count). The molecule has 0 atom stereocenters. The zero-order chi connectivity index (χ0) is 21.2. The van der Waals surface area contributed by atoms with Gasteiger partial charge in [-0.05, 0) is 43.0 Å². The molecule has 7 nitrogen and oxygen atoms in total. The fourth-order valence-corrected chi connectivity index (χ4v) is 4.54. The lowest BCUT2D eigenvalue weighted by Gasteiger charge is -2.28. The monoisotopic (exact) mass is 416 g/mol. The van der Waals surface area contributed by atoms with Gasteiger partial charge in [-0.15, -0.1) is 0 Å². The molecule has 0 bridgehead atoms. The van der Waals surface area contributed by atoms with E-state index in [1.54, 1.807) is 18.2 Å². The minimum Gasteiger partial charge on any atom is -0.506 e. The van der Waals surface area contributed by atoms with E-state index in [-0.39, 0.29) is 18.7 Å². The van der Waals surface area contributed by atoms with Crippen LogP contribution in [0.3, 0.4) is 0 Å². The van der Waals surface area contributed by atoms with Crippen molar-refractivity contribution in [1.82, 2.24) is 5.32 Å². The van der Waals surface area contributed by atoms with Gasteiger partial charge in [0.2, 0.25) is 0 Å². The highest BCUT2D eigenvalue weighted by Crippen LogP contribution is 2.38. The summed E-state index contributed by atoms with van der Waals surface area (Å²) in [6.45, 7) is 2.11. The predicted octanol–water partition coefficient (Wildman–Crippen LogP) is 2.24. The van der Waals surface area contributed by atoms with Crippen LogP contribution in [-0.4, -0.2) is 38.2 Å². The van der Waals surface area contributed by atoms with E-state index < -0.39 is 26.6 Å². The van der Waals surface area contributed by atoms with E-state index in [0.29, 0.717) is 18.5 Å². The summed E-state index contributed by atoms with van der Waals surface area (Å²) in [5.41, 5.74) is 3.29. The number of hydrogen-bond acceptors (Lipinski definition) is 5. The van der Waals surface area contributed by atoms with Gasteiger partial charge in [0, 0.05) is 25.8 Å². The van der Waals surface area contributed by atoms with E-state index in [1.165, 1.54) is 7.05 Å². The Morgan fingerprint density at radius 1 is 1.10 bits per heavy atom.